The SMILES string of the molecule is CCOC(=O)c1cc(-c2ccc(OC)cc2)c2c(c1-c1ccc(OC)cc1)CCC2. The minimum atomic E-state index is -0.284. The molecular weight excluding hydrogens is 376 g/mol. The number of carbonyl (C=O) groups excluding carboxylic acids is 1. The molecule has 0 saturated heterocycles. The number of methoxy groups -OCH3 is 2. The molecule has 0 N–H and O–H groups in total. The van der Waals surface area contributed by atoms with E-state index in [-0.39, 0.29) is 5.97 Å². The molecule has 0 fully saturated rings. The van der Waals surface area contributed by atoms with Gasteiger partial charge < -0.3 is 14.2 Å². The molecule has 4 nitrogen and oxygen atoms in total. The van der Waals surface area contributed by atoms with E-state index in [1.54, 1.807) is 14.2 Å². The lowest BCUT2D eigenvalue weighted by Gasteiger charge is -2.19. The van der Waals surface area contributed by atoms with Crippen molar-refractivity contribution in [2.75, 3.05) is 20.8 Å². The van der Waals surface area contributed by atoms with E-state index in [1.165, 1.54) is 11.1 Å². The summed E-state index contributed by atoms with van der Waals surface area (Å²) in [7, 11) is 3.32. The van der Waals surface area contributed by atoms with Crippen molar-refractivity contribution in [2.45, 2.75) is 26.2 Å². The van der Waals surface area contributed by atoms with Crippen LogP contribution in [-0.2, 0) is 17.6 Å². The van der Waals surface area contributed by atoms with Crippen LogP contribution in [0.4, 0.5) is 0 Å². The molecule has 1 aliphatic rings. The summed E-state index contributed by atoms with van der Waals surface area (Å²) in [5.41, 5.74) is 7.37. The first-order valence-corrected chi connectivity index (χ1v) is 10.3. The molecule has 4 rings (SSSR count). The van der Waals surface area contributed by atoms with Crippen molar-refractivity contribution >= 4 is 5.97 Å². The van der Waals surface area contributed by atoms with E-state index < -0.39 is 0 Å². The first-order chi connectivity index (χ1) is 14.7. The monoisotopic (exact) mass is 402 g/mol. The fraction of sp³-hybridized carbons (Fsp3) is 0.269. The molecule has 0 radical (unpaired) electrons. The zero-order chi connectivity index (χ0) is 21.1. The van der Waals surface area contributed by atoms with Crippen molar-refractivity contribution in [3.63, 3.8) is 0 Å². The molecule has 0 aromatic heterocycles. The van der Waals surface area contributed by atoms with Gasteiger partial charge in [-0.15, -0.1) is 0 Å². The van der Waals surface area contributed by atoms with Crippen LogP contribution in [0.5, 0.6) is 11.5 Å². The van der Waals surface area contributed by atoms with Crippen LogP contribution >= 0.6 is 0 Å². The van der Waals surface area contributed by atoms with Gasteiger partial charge in [0.1, 0.15) is 11.5 Å². The van der Waals surface area contributed by atoms with Crippen molar-refractivity contribution in [3.8, 4) is 33.8 Å². The summed E-state index contributed by atoms with van der Waals surface area (Å²) >= 11 is 0. The lowest BCUT2D eigenvalue weighted by molar-refractivity contribution is 0.0527. The zero-order valence-electron chi connectivity index (χ0n) is 17.7. The number of hydrogen-bond acceptors (Lipinski definition) is 4. The molecule has 154 valence electrons. The van der Waals surface area contributed by atoms with Gasteiger partial charge in [-0.1, -0.05) is 24.3 Å². The Hall–Kier alpha value is -3.27. The summed E-state index contributed by atoms with van der Waals surface area (Å²) in [6, 6.07) is 17.9. The second kappa shape index (κ2) is 8.62. The third-order valence-electron chi connectivity index (χ3n) is 5.68. The summed E-state index contributed by atoms with van der Waals surface area (Å²) in [6.45, 7) is 2.18. The Kier molecular flexibility index (Phi) is 5.75. The Morgan fingerprint density at radius 2 is 1.40 bits per heavy atom. The molecular formula is C26H26O4. The lowest BCUT2D eigenvalue weighted by Crippen LogP contribution is -2.09. The molecule has 4 heteroatoms. The molecule has 0 aliphatic heterocycles. The highest BCUT2D eigenvalue weighted by molar-refractivity contribution is 6.01. The Morgan fingerprint density at radius 3 is 1.97 bits per heavy atom. The minimum absolute atomic E-state index is 0.284. The highest BCUT2D eigenvalue weighted by atomic mass is 16.5. The first-order valence-electron chi connectivity index (χ1n) is 10.3. The van der Waals surface area contributed by atoms with Crippen molar-refractivity contribution in [1.29, 1.82) is 0 Å². The Balaban J connectivity index is 1.93. The Bertz CT molecular complexity index is 1050. The molecule has 0 atom stereocenters. The van der Waals surface area contributed by atoms with E-state index in [4.69, 9.17) is 14.2 Å². The molecule has 1 aliphatic carbocycles. The minimum Gasteiger partial charge on any atom is -0.497 e. The number of fused-ring (bicyclic) bond motifs is 1. The van der Waals surface area contributed by atoms with Crippen molar-refractivity contribution in [1.82, 2.24) is 0 Å². The topological polar surface area (TPSA) is 44.8 Å². The molecule has 0 bridgehead atoms. The quantitative estimate of drug-likeness (QED) is 0.496. The van der Waals surface area contributed by atoms with E-state index >= 15 is 0 Å². The number of benzene rings is 3. The molecule has 0 heterocycles. The zero-order valence-corrected chi connectivity index (χ0v) is 17.7. The smallest absolute Gasteiger partial charge is 0.338 e. The van der Waals surface area contributed by atoms with E-state index in [2.05, 4.69) is 12.1 Å². The van der Waals surface area contributed by atoms with Gasteiger partial charge in [0, 0.05) is 0 Å². The van der Waals surface area contributed by atoms with Crippen LogP contribution in [0.25, 0.3) is 22.3 Å². The predicted octanol–water partition coefficient (Wildman–Crippen LogP) is 5.70. The van der Waals surface area contributed by atoms with Crippen molar-refractivity contribution < 1.29 is 19.0 Å². The molecule has 3 aromatic rings. The van der Waals surface area contributed by atoms with Gasteiger partial charge in [0.25, 0.3) is 0 Å². The van der Waals surface area contributed by atoms with Gasteiger partial charge in [-0.2, -0.15) is 0 Å². The van der Waals surface area contributed by atoms with Gasteiger partial charge in [0.15, 0.2) is 0 Å². The van der Waals surface area contributed by atoms with Gasteiger partial charge >= 0.3 is 5.97 Å². The van der Waals surface area contributed by atoms with Crippen LogP contribution in [0.1, 0.15) is 34.8 Å². The third kappa shape index (κ3) is 3.65. The largest absolute Gasteiger partial charge is 0.497 e. The maximum absolute atomic E-state index is 13.0. The summed E-state index contributed by atoms with van der Waals surface area (Å²) in [4.78, 5) is 13.0. The molecule has 0 spiro atoms. The Labute approximate surface area is 177 Å². The highest BCUT2D eigenvalue weighted by Crippen LogP contribution is 2.42. The molecule has 0 unspecified atom stereocenters. The van der Waals surface area contributed by atoms with Crippen LogP contribution in [-0.4, -0.2) is 26.8 Å². The van der Waals surface area contributed by atoms with Gasteiger partial charge in [-0.25, -0.2) is 4.79 Å². The second-order valence-electron chi connectivity index (χ2n) is 7.33. The van der Waals surface area contributed by atoms with E-state index in [9.17, 15) is 4.79 Å². The number of esters is 1. The number of rotatable bonds is 6. The molecule has 0 amide bonds. The number of carbonyl (C=O) groups is 1. The van der Waals surface area contributed by atoms with Crippen molar-refractivity contribution in [3.05, 3.63) is 71.3 Å². The normalized spacial score (nSPS) is 12.4. The maximum Gasteiger partial charge on any atom is 0.338 e. The Morgan fingerprint density at radius 1 is 0.833 bits per heavy atom. The van der Waals surface area contributed by atoms with E-state index in [1.807, 2.05) is 49.4 Å². The summed E-state index contributed by atoms with van der Waals surface area (Å²) in [5, 5.41) is 0. The molecule has 0 saturated carbocycles. The molecule has 3 aromatic carbocycles. The average Bonchev–Trinajstić information content (AvgIpc) is 3.28. The fourth-order valence-corrected chi connectivity index (χ4v) is 4.27. The third-order valence-corrected chi connectivity index (χ3v) is 5.68. The maximum atomic E-state index is 13.0. The van der Waals surface area contributed by atoms with Crippen molar-refractivity contribution in [2.24, 2.45) is 0 Å². The van der Waals surface area contributed by atoms with E-state index in [0.717, 1.165) is 53.0 Å². The first kappa shape index (κ1) is 20.0. The summed E-state index contributed by atoms with van der Waals surface area (Å²) < 4.78 is 16.0. The van der Waals surface area contributed by atoms with Crippen LogP contribution in [0.15, 0.2) is 54.6 Å². The lowest BCUT2D eigenvalue weighted by atomic mass is 9.86. The van der Waals surface area contributed by atoms with Gasteiger partial charge in [0.05, 0.1) is 26.4 Å². The van der Waals surface area contributed by atoms with Crippen LogP contribution < -0.4 is 9.47 Å². The highest BCUT2D eigenvalue weighted by Gasteiger charge is 2.26. The number of ether oxygens (including phenoxy) is 3. The summed E-state index contributed by atoms with van der Waals surface area (Å²) in [5.74, 6) is 1.33. The standard InChI is InChI=1S/C26H26O4/c1-4-30-26(27)24-16-23(17-8-12-19(28-2)13-9-17)21-6-5-7-22(21)25(24)18-10-14-20(29-3)15-11-18/h8-16H,4-7H2,1-3H3. The molecule has 30 heavy (non-hydrogen) atoms. The number of hydrogen-bond donors (Lipinski definition) is 0. The van der Waals surface area contributed by atoms with E-state index in [0.29, 0.717) is 12.2 Å². The van der Waals surface area contributed by atoms with Gasteiger partial charge in [0.2, 0.25) is 0 Å². The fourth-order valence-electron chi connectivity index (χ4n) is 4.27. The second-order valence-corrected chi connectivity index (χ2v) is 7.33. The summed E-state index contributed by atoms with van der Waals surface area (Å²) in [6.07, 6.45) is 3.03. The van der Waals surface area contributed by atoms with Gasteiger partial charge in [-0.05, 0) is 89.9 Å². The van der Waals surface area contributed by atoms with Crippen LogP contribution in [0, 0.1) is 0 Å². The predicted molar refractivity (Wildman–Crippen MR) is 118 cm³/mol. The van der Waals surface area contributed by atoms with Gasteiger partial charge in [-0.3, -0.25) is 0 Å². The van der Waals surface area contributed by atoms with Crippen LogP contribution in [0.2, 0.25) is 0 Å². The van der Waals surface area contributed by atoms with Crippen LogP contribution in [0.3, 0.4) is 0 Å². The average molecular weight is 402 g/mol.